The zero-order valence-corrected chi connectivity index (χ0v) is 39.5. The van der Waals surface area contributed by atoms with Gasteiger partial charge >= 0.3 is 17.9 Å². The first-order valence-corrected chi connectivity index (χ1v) is 25.3. The van der Waals surface area contributed by atoms with Gasteiger partial charge in [0.2, 0.25) is 0 Å². The van der Waals surface area contributed by atoms with Crippen LogP contribution in [0.25, 0.3) is 0 Å². The molecule has 6 nitrogen and oxygen atoms in total. The molecule has 0 aliphatic heterocycles. The SMILES string of the molecule is CC/C=C\C/C=C\C/C=C\C/C=C\CCCCC(=O)OC[C@@H](COC(=O)CCCCCCC/C=C\CCCCCC)OC(=O)CCCCCCCCCCCCCCCC. The molecule has 346 valence electrons. The van der Waals surface area contributed by atoms with E-state index in [1.165, 1.54) is 116 Å². The first-order valence-electron chi connectivity index (χ1n) is 25.3. The second kappa shape index (κ2) is 48.8. The maximum Gasteiger partial charge on any atom is 0.306 e. The Balaban J connectivity index is 4.45. The summed E-state index contributed by atoms with van der Waals surface area (Å²) in [5, 5.41) is 0. The van der Waals surface area contributed by atoms with Crippen LogP contribution in [0.1, 0.15) is 245 Å². The van der Waals surface area contributed by atoms with E-state index in [1.807, 2.05) is 0 Å². The monoisotopic (exact) mass is 839 g/mol. The van der Waals surface area contributed by atoms with E-state index < -0.39 is 6.10 Å². The van der Waals surface area contributed by atoms with Gasteiger partial charge in [0.05, 0.1) is 0 Å². The zero-order valence-electron chi connectivity index (χ0n) is 39.5. The molecule has 0 unspecified atom stereocenters. The van der Waals surface area contributed by atoms with Crippen molar-refractivity contribution < 1.29 is 28.6 Å². The van der Waals surface area contributed by atoms with Crippen LogP contribution in [0.3, 0.4) is 0 Å². The minimum atomic E-state index is -0.791. The summed E-state index contributed by atoms with van der Waals surface area (Å²) >= 11 is 0. The number of hydrogen-bond donors (Lipinski definition) is 0. The smallest absolute Gasteiger partial charge is 0.306 e. The number of ether oxygens (including phenoxy) is 3. The number of esters is 3. The second-order valence-electron chi connectivity index (χ2n) is 16.7. The fourth-order valence-corrected chi connectivity index (χ4v) is 6.96. The number of carbonyl (C=O) groups excluding carboxylic acids is 3. The number of unbranched alkanes of at least 4 members (excludes halogenated alkanes) is 24. The summed E-state index contributed by atoms with van der Waals surface area (Å²) in [7, 11) is 0. The Labute approximate surface area is 370 Å². The van der Waals surface area contributed by atoms with Gasteiger partial charge in [-0.3, -0.25) is 14.4 Å². The molecule has 0 aliphatic rings. The van der Waals surface area contributed by atoms with Gasteiger partial charge in [0, 0.05) is 19.3 Å². The van der Waals surface area contributed by atoms with Crippen molar-refractivity contribution in [1.29, 1.82) is 0 Å². The summed E-state index contributed by atoms with van der Waals surface area (Å²) in [6.45, 7) is 6.47. The zero-order chi connectivity index (χ0) is 43.7. The summed E-state index contributed by atoms with van der Waals surface area (Å²) in [6, 6.07) is 0. The van der Waals surface area contributed by atoms with Crippen molar-refractivity contribution in [2.45, 2.75) is 252 Å². The molecule has 0 saturated carbocycles. The van der Waals surface area contributed by atoms with Gasteiger partial charge in [-0.2, -0.15) is 0 Å². The average Bonchev–Trinajstić information content (AvgIpc) is 3.24. The molecular weight excluding hydrogens is 745 g/mol. The standard InChI is InChI=1S/C54H94O6/c1-4-7-10-13-16-19-22-25-27-30-32-35-38-41-44-47-53(56)59-50-51(49-58-52(55)46-43-40-37-34-31-28-24-21-18-15-12-9-6-3)60-54(57)48-45-42-39-36-33-29-26-23-20-17-14-11-8-5-2/h7,10,16,19,21,24-25,27,32,35,51H,4-6,8-9,11-15,17-18,20,22-23,26,28-31,33-34,36-50H2,1-3H3/b10-7-,19-16-,24-21-,27-25-,35-32-/t51-/m1/s1. The van der Waals surface area contributed by atoms with Gasteiger partial charge in [0.15, 0.2) is 6.10 Å². The Kier molecular flexibility index (Phi) is 46.4. The molecule has 0 saturated heterocycles. The lowest BCUT2D eigenvalue weighted by Gasteiger charge is -2.18. The van der Waals surface area contributed by atoms with Gasteiger partial charge in [-0.1, -0.05) is 204 Å². The van der Waals surface area contributed by atoms with E-state index in [0.717, 1.165) is 89.9 Å². The van der Waals surface area contributed by atoms with Gasteiger partial charge in [-0.25, -0.2) is 0 Å². The lowest BCUT2D eigenvalue weighted by molar-refractivity contribution is -0.167. The van der Waals surface area contributed by atoms with Crippen molar-refractivity contribution in [1.82, 2.24) is 0 Å². The summed E-state index contributed by atoms with van der Waals surface area (Å²) < 4.78 is 16.7. The molecule has 0 aliphatic carbocycles. The molecule has 0 fully saturated rings. The lowest BCUT2D eigenvalue weighted by Crippen LogP contribution is -2.30. The van der Waals surface area contributed by atoms with Gasteiger partial charge in [0.25, 0.3) is 0 Å². The van der Waals surface area contributed by atoms with E-state index in [1.54, 1.807) is 0 Å². The third-order valence-corrected chi connectivity index (χ3v) is 10.8. The second-order valence-corrected chi connectivity index (χ2v) is 16.7. The minimum absolute atomic E-state index is 0.0901. The highest BCUT2D eigenvalue weighted by atomic mass is 16.6. The Morgan fingerprint density at radius 2 is 0.650 bits per heavy atom. The molecule has 0 radical (unpaired) electrons. The summed E-state index contributed by atoms with van der Waals surface area (Å²) in [4.78, 5) is 37.9. The molecule has 0 amide bonds. The largest absolute Gasteiger partial charge is 0.462 e. The van der Waals surface area contributed by atoms with Crippen LogP contribution in [0.15, 0.2) is 60.8 Å². The molecular formula is C54H94O6. The van der Waals surface area contributed by atoms with Gasteiger partial charge in [-0.05, 0) is 83.5 Å². The van der Waals surface area contributed by atoms with Crippen molar-refractivity contribution in [3.63, 3.8) is 0 Å². The van der Waals surface area contributed by atoms with E-state index >= 15 is 0 Å². The van der Waals surface area contributed by atoms with Crippen LogP contribution >= 0.6 is 0 Å². The third-order valence-electron chi connectivity index (χ3n) is 10.8. The van der Waals surface area contributed by atoms with E-state index in [9.17, 15) is 14.4 Å². The highest BCUT2D eigenvalue weighted by Crippen LogP contribution is 2.15. The van der Waals surface area contributed by atoms with Crippen LogP contribution in [-0.4, -0.2) is 37.2 Å². The van der Waals surface area contributed by atoms with Crippen LogP contribution in [-0.2, 0) is 28.6 Å². The molecule has 0 rings (SSSR count). The molecule has 0 bridgehead atoms. The van der Waals surface area contributed by atoms with E-state index in [2.05, 4.69) is 81.5 Å². The maximum absolute atomic E-state index is 12.8. The predicted molar refractivity (Wildman–Crippen MR) is 256 cm³/mol. The molecule has 6 heteroatoms. The van der Waals surface area contributed by atoms with Crippen molar-refractivity contribution in [2.75, 3.05) is 13.2 Å². The molecule has 0 spiro atoms. The van der Waals surface area contributed by atoms with E-state index in [0.29, 0.717) is 19.3 Å². The maximum atomic E-state index is 12.8. The highest BCUT2D eigenvalue weighted by Gasteiger charge is 2.19. The molecule has 0 aromatic rings. The topological polar surface area (TPSA) is 78.9 Å². The van der Waals surface area contributed by atoms with Crippen LogP contribution in [0.5, 0.6) is 0 Å². The van der Waals surface area contributed by atoms with Crippen LogP contribution in [0.4, 0.5) is 0 Å². The molecule has 0 heterocycles. The van der Waals surface area contributed by atoms with Crippen molar-refractivity contribution >= 4 is 17.9 Å². The quantitative estimate of drug-likeness (QED) is 0.0263. The average molecular weight is 839 g/mol. The number of allylic oxidation sites excluding steroid dienone is 10. The van der Waals surface area contributed by atoms with E-state index in [-0.39, 0.29) is 31.1 Å². The van der Waals surface area contributed by atoms with Crippen molar-refractivity contribution in [3.05, 3.63) is 60.8 Å². The Bertz CT molecular complexity index is 1100. The van der Waals surface area contributed by atoms with Crippen LogP contribution < -0.4 is 0 Å². The summed E-state index contributed by atoms with van der Waals surface area (Å²) in [5.41, 5.74) is 0. The first kappa shape index (κ1) is 57.1. The predicted octanol–water partition coefficient (Wildman–Crippen LogP) is 16.5. The Hall–Kier alpha value is -2.89. The number of rotatable bonds is 45. The van der Waals surface area contributed by atoms with E-state index in [4.69, 9.17) is 14.2 Å². The van der Waals surface area contributed by atoms with Crippen LogP contribution in [0.2, 0.25) is 0 Å². The van der Waals surface area contributed by atoms with Gasteiger partial charge in [0.1, 0.15) is 13.2 Å². The lowest BCUT2D eigenvalue weighted by atomic mass is 10.0. The molecule has 1 atom stereocenters. The number of hydrogen-bond acceptors (Lipinski definition) is 6. The fourth-order valence-electron chi connectivity index (χ4n) is 6.96. The molecule has 0 aromatic carbocycles. The molecule has 60 heavy (non-hydrogen) atoms. The molecule has 0 aromatic heterocycles. The summed E-state index contributed by atoms with van der Waals surface area (Å²) in [6.07, 6.45) is 59.2. The van der Waals surface area contributed by atoms with Crippen molar-refractivity contribution in [3.8, 4) is 0 Å². The normalized spacial score (nSPS) is 12.5. The Morgan fingerprint density at radius 1 is 0.350 bits per heavy atom. The van der Waals surface area contributed by atoms with Crippen LogP contribution in [0, 0.1) is 0 Å². The first-order chi connectivity index (χ1) is 29.5. The minimum Gasteiger partial charge on any atom is -0.462 e. The third kappa shape index (κ3) is 46.2. The fraction of sp³-hybridized carbons (Fsp3) is 0.759. The highest BCUT2D eigenvalue weighted by molar-refractivity contribution is 5.71. The van der Waals surface area contributed by atoms with Crippen molar-refractivity contribution in [2.24, 2.45) is 0 Å². The van der Waals surface area contributed by atoms with Gasteiger partial charge < -0.3 is 14.2 Å². The summed E-state index contributed by atoms with van der Waals surface area (Å²) in [5.74, 6) is -0.937. The molecule has 0 N–H and O–H groups in total. The van der Waals surface area contributed by atoms with Gasteiger partial charge in [-0.15, -0.1) is 0 Å². The number of carbonyl (C=O) groups is 3. The Morgan fingerprint density at radius 3 is 1.08 bits per heavy atom.